The van der Waals surface area contributed by atoms with E-state index in [1.165, 1.54) is 22.9 Å². The first-order valence-electron chi connectivity index (χ1n) is 8.58. The van der Waals surface area contributed by atoms with Crippen LogP contribution < -0.4 is 0 Å². The molecular weight excluding hydrogens is 386 g/mol. The predicted molar refractivity (Wildman–Crippen MR) is 98.0 cm³/mol. The van der Waals surface area contributed by atoms with Crippen LogP contribution in [0.25, 0.3) is 33.5 Å². The van der Waals surface area contributed by atoms with E-state index in [4.69, 9.17) is 0 Å². The molecule has 3 aromatic heterocycles. The summed E-state index contributed by atoms with van der Waals surface area (Å²) in [5, 5.41) is 8.87. The summed E-state index contributed by atoms with van der Waals surface area (Å²) in [7, 11) is 0. The van der Waals surface area contributed by atoms with Gasteiger partial charge in [-0.25, -0.2) is 14.1 Å². The Morgan fingerprint density at radius 3 is 2.38 bits per heavy atom. The third-order valence-corrected chi connectivity index (χ3v) is 4.56. The van der Waals surface area contributed by atoms with Crippen LogP contribution in [-0.2, 0) is 6.18 Å². The van der Waals surface area contributed by atoms with Crippen LogP contribution in [-0.4, -0.2) is 24.4 Å². The molecule has 29 heavy (non-hydrogen) atoms. The topological polar surface area (TPSA) is 48.0 Å². The molecule has 0 atom stereocenters. The van der Waals surface area contributed by atoms with Crippen molar-refractivity contribution in [2.45, 2.75) is 6.18 Å². The summed E-state index contributed by atoms with van der Waals surface area (Å²) in [5.74, 6) is -1.38. The molecule has 5 aromatic rings. The zero-order valence-corrected chi connectivity index (χ0v) is 14.6. The molecule has 0 saturated heterocycles. The monoisotopic (exact) mass is 397 g/mol. The minimum Gasteiger partial charge on any atom is -0.214 e. The van der Waals surface area contributed by atoms with E-state index in [-0.39, 0.29) is 11.5 Å². The van der Waals surface area contributed by atoms with Gasteiger partial charge in [0.25, 0.3) is 5.82 Å². The third kappa shape index (κ3) is 2.82. The number of pyridine rings is 1. The average molecular weight is 397 g/mol. The number of hydrogen-bond acceptors (Lipinski definition) is 3. The summed E-state index contributed by atoms with van der Waals surface area (Å²) in [6.07, 6.45) is -3.07. The first-order valence-corrected chi connectivity index (χ1v) is 8.58. The van der Waals surface area contributed by atoms with Crippen molar-refractivity contribution in [1.29, 1.82) is 0 Å². The Labute approximate surface area is 160 Å². The molecule has 0 fully saturated rings. The molecule has 5 rings (SSSR count). The van der Waals surface area contributed by atoms with Gasteiger partial charge in [0.15, 0.2) is 11.5 Å². The van der Waals surface area contributed by atoms with Crippen LogP contribution in [0.2, 0.25) is 0 Å². The lowest BCUT2D eigenvalue weighted by Gasteiger charge is -2.12. The molecule has 5 nitrogen and oxygen atoms in total. The highest BCUT2D eigenvalue weighted by atomic mass is 19.4. The Morgan fingerprint density at radius 1 is 0.862 bits per heavy atom. The SMILES string of the molecule is Fc1ccc(-c2ccc3nc(C(F)(F)F)nn3c2-n2ncc3ccccc32)cc1. The molecule has 9 heteroatoms. The van der Waals surface area contributed by atoms with Crippen LogP contribution in [0.1, 0.15) is 5.82 Å². The third-order valence-electron chi connectivity index (χ3n) is 4.56. The molecule has 2 aromatic carbocycles. The maximum Gasteiger partial charge on any atom is 0.453 e. The second-order valence-electron chi connectivity index (χ2n) is 6.40. The lowest BCUT2D eigenvalue weighted by molar-refractivity contribution is -0.144. The second kappa shape index (κ2) is 6.13. The predicted octanol–water partition coefficient (Wildman–Crippen LogP) is 4.89. The number of alkyl halides is 3. The van der Waals surface area contributed by atoms with E-state index in [1.54, 1.807) is 36.5 Å². The van der Waals surface area contributed by atoms with Crippen LogP contribution in [0.4, 0.5) is 17.6 Å². The molecule has 0 N–H and O–H groups in total. The zero-order valence-electron chi connectivity index (χ0n) is 14.6. The zero-order chi connectivity index (χ0) is 20.2. The number of aromatic nitrogens is 5. The number of para-hydroxylation sites is 1. The molecule has 0 saturated carbocycles. The molecule has 0 amide bonds. The standard InChI is InChI=1S/C20H11F4N5/c21-14-7-5-12(6-8-14)15-9-10-17-26-19(20(22,23)24)27-29(17)18(15)28-16-4-2-1-3-13(16)11-25-28/h1-11H. The maximum absolute atomic E-state index is 13.4. The Morgan fingerprint density at radius 2 is 1.62 bits per heavy atom. The van der Waals surface area contributed by atoms with E-state index in [0.29, 0.717) is 16.6 Å². The maximum atomic E-state index is 13.4. The Balaban J connectivity index is 1.87. The molecule has 0 radical (unpaired) electrons. The van der Waals surface area contributed by atoms with Gasteiger partial charge >= 0.3 is 6.18 Å². The van der Waals surface area contributed by atoms with Crippen LogP contribution in [0, 0.1) is 5.82 Å². The van der Waals surface area contributed by atoms with Crippen LogP contribution in [0.5, 0.6) is 0 Å². The van der Waals surface area contributed by atoms with Crippen molar-refractivity contribution in [3.63, 3.8) is 0 Å². The van der Waals surface area contributed by atoms with Crippen molar-refractivity contribution in [2.24, 2.45) is 0 Å². The van der Waals surface area contributed by atoms with Crippen molar-refractivity contribution < 1.29 is 17.6 Å². The summed E-state index contributed by atoms with van der Waals surface area (Å²) < 4.78 is 55.7. The number of rotatable bonds is 2. The minimum atomic E-state index is -4.69. The first kappa shape index (κ1) is 17.4. The van der Waals surface area contributed by atoms with E-state index in [0.717, 1.165) is 9.90 Å². The van der Waals surface area contributed by atoms with Crippen molar-refractivity contribution in [1.82, 2.24) is 24.4 Å². The summed E-state index contributed by atoms with van der Waals surface area (Å²) in [5.41, 5.74) is 1.85. The van der Waals surface area contributed by atoms with Crippen molar-refractivity contribution in [3.8, 4) is 16.9 Å². The molecule has 0 aliphatic carbocycles. The fraction of sp³-hybridized carbons (Fsp3) is 0.0500. The molecule has 0 bridgehead atoms. The van der Waals surface area contributed by atoms with Gasteiger partial charge in [-0.1, -0.05) is 30.3 Å². The van der Waals surface area contributed by atoms with Crippen LogP contribution >= 0.6 is 0 Å². The number of nitrogens with zero attached hydrogens (tertiary/aromatic N) is 5. The quantitative estimate of drug-likeness (QED) is 0.399. The van der Waals surface area contributed by atoms with Crippen molar-refractivity contribution >= 4 is 16.6 Å². The molecule has 3 heterocycles. The fourth-order valence-corrected chi connectivity index (χ4v) is 3.25. The molecule has 0 spiro atoms. The van der Waals surface area contributed by atoms with Gasteiger partial charge in [-0.2, -0.15) is 22.8 Å². The molecule has 144 valence electrons. The highest BCUT2D eigenvalue weighted by molar-refractivity contribution is 5.83. The molecular formula is C20H11F4N5. The van der Waals surface area contributed by atoms with Gasteiger partial charge in [0.1, 0.15) is 5.82 Å². The first-order chi connectivity index (χ1) is 13.9. The second-order valence-corrected chi connectivity index (χ2v) is 6.40. The molecule has 0 aliphatic rings. The number of fused-ring (bicyclic) bond motifs is 2. The van der Waals surface area contributed by atoms with Gasteiger partial charge in [0, 0.05) is 10.9 Å². The fourth-order valence-electron chi connectivity index (χ4n) is 3.25. The number of benzene rings is 2. The van der Waals surface area contributed by atoms with E-state index in [9.17, 15) is 17.6 Å². The summed E-state index contributed by atoms with van der Waals surface area (Å²) >= 11 is 0. The lowest BCUT2D eigenvalue weighted by Crippen LogP contribution is -2.10. The Kier molecular flexibility index (Phi) is 3.67. The summed E-state index contributed by atoms with van der Waals surface area (Å²) in [6, 6.07) is 16.0. The van der Waals surface area contributed by atoms with Gasteiger partial charge in [-0.15, -0.1) is 5.10 Å². The van der Waals surface area contributed by atoms with Gasteiger partial charge in [-0.3, -0.25) is 0 Å². The van der Waals surface area contributed by atoms with Crippen molar-refractivity contribution in [3.05, 3.63) is 78.5 Å². The average Bonchev–Trinajstić information content (AvgIpc) is 3.32. The largest absolute Gasteiger partial charge is 0.453 e. The smallest absolute Gasteiger partial charge is 0.214 e. The van der Waals surface area contributed by atoms with Crippen LogP contribution in [0.3, 0.4) is 0 Å². The highest BCUT2D eigenvalue weighted by Crippen LogP contribution is 2.32. The summed E-state index contributed by atoms with van der Waals surface area (Å²) in [4.78, 5) is 3.61. The molecule has 0 aliphatic heterocycles. The normalized spacial score (nSPS) is 12.1. The van der Waals surface area contributed by atoms with Gasteiger partial charge in [0.05, 0.1) is 11.7 Å². The lowest BCUT2D eigenvalue weighted by atomic mass is 10.1. The van der Waals surface area contributed by atoms with Gasteiger partial charge in [-0.05, 0) is 35.9 Å². The van der Waals surface area contributed by atoms with Gasteiger partial charge in [0.2, 0.25) is 0 Å². The minimum absolute atomic E-state index is 0.0257. The van der Waals surface area contributed by atoms with E-state index >= 15 is 0 Å². The van der Waals surface area contributed by atoms with E-state index in [2.05, 4.69) is 15.2 Å². The Bertz CT molecular complexity index is 1350. The van der Waals surface area contributed by atoms with E-state index in [1.807, 2.05) is 12.1 Å². The highest BCUT2D eigenvalue weighted by Gasteiger charge is 2.37. The number of halogens is 4. The number of hydrogen-bond donors (Lipinski definition) is 0. The van der Waals surface area contributed by atoms with E-state index < -0.39 is 17.8 Å². The van der Waals surface area contributed by atoms with Crippen LogP contribution in [0.15, 0.2) is 66.9 Å². The summed E-state index contributed by atoms with van der Waals surface area (Å²) in [6.45, 7) is 0. The molecule has 0 unspecified atom stereocenters. The Hall–Kier alpha value is -3.75. The van der Waals surface area contributed by atoms with Crippen molar-refractivity contribution in [2.75, 3.05) is 0 Å². The van der Waals surface area contributed by atoms with Gasteiger partial charge < -0.3 is 0 Å².